The van der Waals surface area contributed by atoms with Crippen LogP contribution in [-0.2, 0) is 4.79 Å². The number of nitrogens with zero attached hydrogens (tertiary/aromatic N) is 1. The van der Waals surface area contributed by atoms with E-state index in [0.29, 0.717) is 10.8 Å². The molecule has 0 bridgehead atoms. The number of thioether (sulfide) groups is 1. The van der Waals surface area contributed by atoms with Crippen molar-refractivity contribution in [1.82, 2.24) is 4.90 Å². The summed E-state index contributed by atoms with van der Waals surface area (Å²) in [6.07, 6.45) is 1.74. The second-order valence-electron chi connectivity index (χ2n) is 6.93. The summed E-state index contributed by atoms with van der Waals surface area (Å²) < 4.78 is 6.85. The maximum Gasteiger partial charge on any atom is 0.293 e. The fourth-order valence-corrected chi connectivity index (χ4v) is 4.21. The number of hydrogen-bond donors (Lipinski definition) is 0. The Morgan fingerprint density at radius 1 is 1.18 bits per heavy atom. The molecule has 0 radical (unpaired) electrons. The Morgan fingerprint density at radius 2 is 1.96 bits per heavy atom. The van der Waals surface area contributed by atoms with E-state index in [-0.39, 0.29) is 24.3 Å². The van der Waals surface area contributed by atoms with Crippen LogP contribution < -0.4 is 4.74 Å². The molecule has 2 aromatic carbocycles. The molecule has 1 aliphatic heterocycles. The van der Waals surface area contributed by atoms with Crippen molar-refractivity contribution in [3.05, 3.63) is 68.5 Å². The summed E-state index contributed by atoms with van der Waals surface area (Å²) >= 11 is 4.38. The first kappa shape index (κ1) is 20.7. The molecule has 3 rings (SSSR count). The van der Waals surface area contributed by atoms with Crippen molar-refractivity contribution in [3.8, 4) is 5.75 Å². The van der Waals surface area contributed by atoms with Crippen LogP contribution in [0.5, 0.6) is 5.75 Å². The molecule has 1 heterocycles. The molecule has 0 aliphatic carbocycles. The topological polar surface area (TPSA) is 46.6 Å². The van der Waals surface area contributed by atoms with Crippen molar-refractivity contribution >= 4 is 44.9 Å². The number of amides is 2. The fraction of sp³-hybridized carbons (Fsp3) is 0.273. The fourth-order valence-electron chi connectivity index (χ4n) is 2.93. The van der Waals surface area contributed by atoms with E-state index < -0.39 is 0 Å². The second-order valence-corrected chi connectivity index (χ2v) is 8.84. The minimum Gasteiger partial charge on any atom is -0.491 e. The van der Waals surface area contributed by atoms with Crippen molar-refractivity contribution in [2.75, 3.05) is 13.2 Å². The second kappa shape index (κ2) is 8.97. The average Bonchev–Trinajstić information content (AvgIpc) is 2.89. The van der Waals surface area contributed by atoms with Gasteiger partial charge < -0.3 is 4.74 Å². The van der Waals surface area contributed by atoms with Crippen LogP contribution in [-0.4, -0.2) is 29.2 Å². The van der Waals surface area contributed by atoms with Gasteiger partial charge in [-0.1, -0.05) is 54.0 Å². The zero-order valence-electron chi connectivity index (χ0n) is 16.1. The van der Waals surface area contributed by atoms with E-state index >= 15 is 0 Å². The smallest absolute Gasteiger partial charge is 0.293 e. The summed E-state index contributed by atoms with van der Waals surface area (Å²) in [5, 5.41) is -0.261. The largest absolute Gasteiger partial charge is 0.491 e. The number of carbonyl (C=O) groups is 2. The SMILES string of the molecule is Cc1ccc(C(C)C)c(OCCN2C(=O)S/C(=C\c3cccc(Br)c3)C2=O)c1. The van der Waals surface area contributed by atoms with E-state index in [0.717, 1.165) is 38.7 Å². The Kier molecular flexibility index (Phi) is 6.62. The van der Waals surface area contributed by atoms with E-state index in [2.05, 4.69) is 41.9 Å². The zero-order valence-corrected chi connectivity index (χ0v) is 18.5. The Labute approximate surface area is 178 Å². The van der Waals surface area contributed by atoms with Crippen LogP contribution in [0, 0.1) is 6.92 Å². The Bertz CT molecular complexity index is 939. The molecule has 0 unspecified atom stereocenters. The third-order valence-corrected chi connectivity index (χ3v) is 5.78. The van der Waals surface area contributed by atoms with Crippen LogP contribution in [0.15, 0.2) is 51.8 Å². The molecule has 28 heavy (non-hydrogen) atoms. The van der Waals surface area contributed by atoms with E-state index in [1.807, 2.05) is 37.3 Å². The van der Waals surface area contributed by atoms with Gasteiger partial charge in [-0.05, 0) is 65.6 Å². The molecule has 1 fully saturated rings. The molecular weight excluding hydrogens is 438 g/mol. The van der Waals surface area contributed by atoms with Crippen LogP contribution >= 0.6 is 27.7 Å². The van der Waals surface area contributed by atoms with Gasteiger partial charge in [0.05, 0.1) is 11.4 Å². The summed E-state index contributed by atoms with van der Waals surface area (Å²) in [5.74, 6) is 0.875. The number of hydrogen-bond acceptors (Lipinski definition) is 4. The number of imide groups is 1. The number of carbonyl (C=O) groups excluding carboxylic acids is 2. The lowest BCUT2D eigenvalue weighted by Gasteiger charge is -2.17. The number of rotatable bonds is 6. The van der Waals surface area contributed by atoms with Gasteiger partial charge in [-0.25, -0.2) is 0 Å². The highest BCUT2D eigenvalue weighted by Crippen LogP contribution is 2.33. The number of ether oxygens (including phenoxy) is 1. The molecule has 4 nitrogen and oxygen atoms in total. The van der Waals surface area contributed by atoms with Gasteiger partial charge in [-0.2, -0.15) is 0 Å². The quantitative estimate of drug-likeness (QED) is 0.497. The van der Waals surface area contributed by atoms with Crippen molar-refractivity contribution in [3.63, 3.8) is 0 Å². The van der Waals surface area contributed by atoms with E-state index in [4.69, 9.17) is 4.74 Å². The maximum absolute atomic E-state index is 12.6. The lowest BCUT2D eigenvalue weighted by Crippen LogP contribution is -2.32. The third-order valence-electron chi connectivity index (χ3n) is 4.38. The van der Waals surface area contributed by atoms with Crippen molar-refractivity contribution in [1.29, 1.82) is 0 Å². The molecule has 146 valence electrons. The maximum atomic E-state index is 12.6. The minimum atomic E-state index is -0.271. The third kappa shape index (κ3) is 4.86. The molecule has 0 N–H and O–H groups in total. The standard InChI is InChI=1S/C22H22BrNO3S/c1-14(2)18-8-7-15(3)11-19(18)27-10-9-24-21(25)20(28-22(24)26)13-16-5-4-6-17(23)12-16/h4-8,11-14H,9-10H2,1-3H3/b20-13-. The molecule has 1 aliphatic rings. The molecule has 1 saturated heterocycles. The van der Waals surface area contributed by atoms with Crippen LogP contribution in [0.4, 0.5) is 4.79 Å². The van der Waals surface area contributed by atoms with Gasteiger partial charge in [0.1, 0.15) is 12.4 Å². The number of halogens is 1. The lowest BCUT2D eigenvalue weighted by molar-refractivity contribution is -0.123. The van der Waals surface area contributed by atoms with E-state index in [9.17, 15) is 9.59 Å². The van der Waals surface area contributed by atoms with E-state index in [1.165, 1.54) is 4.90 Å². The zero-order chi connectivity index (χ0) is 20.3. The van der Waals surface area contributed by atoms with Gasteiger partial charge in [0.2, 0.25) is 0 Å². The monoisotopic (exact) mass is 459 g/mol. The molecular formula is C22H22BrNO3S. The Morgan fingerprint density at radius 3 is 2.68 bits per heavy atom. The van der Waals surface area contributed by atoms with Gasteiger partial charge in [0, 0.05) is 4.47 Å². The Balaban J connectivity index is 1.67. The van der Waals surface area contributed by atoms with Crippen molar-refractivity contribution < 1.29 is 14.3 Å². The number of aryl methyl sites for hydroxylation is 1. The first-order valence-electron chi connectivity index (χ1n) is 9.09. The highest BCUT2D eigenvalue weighted by Gasteiger charge is 2.34. The molecule has 2 aromatic rings. The summed E-state index contributed by atoms with van der Waals surface area (Å²) in [4.78, 5) is 26.6. The van der Waals surface area contributed by atoms with Crippen LogP contribution in [0.2, 0.25) is 0 Å². The van der Waals surface area contributed by atoms with Gasteiger partial charge in [0.15, 0.2) is 0 Å². The highest BCUT2D eigenvalue weighted by molar-refractivity contribution is 9.10. The van der Waals surface area contributed by atoms with Crippen molar-refractivity contribution in [2.24, 2.45) is 0 Å². The van der Waals surface area contributed by atoms with Crippen LogP contribution in [0.25, 0.3) is 6.08 Å². The summed E-state index contributed by atoms with van der Waals surface area (Å²) in [6, 6.07) is 13.7. The molecule has 0 atom stereocenters. The van der Waals surface area contributed by atoms with E-state index in [1.54, 1.807) is 6.08 Å². The van der Waals surface area contributed by atoms with Gasteiger partial charge in [0.25, 0.3) is 11.1 Å². The molecule has 0 aromatic heterocycles. The number of benzene rings is 2. The predicted octanol–water partition coefficient (Wildman–Crippen LogP) is 6.00. The van der Waals surface area contributed by atoms with Gasteiger partial charge in [-0.3, -0.25) is 14.5 Å². The van der Waals surface area contributed by atoms with Crippen molar-refractivity contribution in [2.45, 2.75) is 26.7 Å². The summed E-state index contributed by atoms with van der Waals surface area (Å²) in [6.45, 7) is 6.73. The minimum absolute atomic E-state index is 0.228. The van der Waals surface area contributed by atoms with Crippen LogP contribution in [0.3, 0.4) is 0 Å². The normalized spacial score (nSPS) is 15.8. The average molecular weight is 460 g/mol. The highest BCUT2D eigenvalue weighted by atomic mass is 79.9. The summed E-state index contributed by atoms with van der Waals surface area (Å²) in [5.41, 5.74) is 3.11. The predicted molar refractivity (Wildman–Crippen MR) is 118 cm³/mol. The first-order valence-corrected chi connectivity index (χ1v) is 10.7. The molecule has 0 spiro atoms. The lowest BCUT2D eigenvalue weighted by atomic mass is 10.0. The van der Waals surface area contributed by atoms with Gasteiger partial charge >= 0.3 is 0 Å². The molecule has 0 saturated carbocycles. The summed E-state index contributed by atoms with van der Waals surface area (Å²) in [7, 11) is 0. The first-order chi connectivity index (χ1) is 13.3. The molecule has 2 amide bonds. The Hall–Kier alpha value is -2.05. The van der Waals surface area contributed by atoms with Gasteiger partial charge in [-0.15, -0.1) is 0 Å². The van der Waals surface area contributed by atoms with Crippen LogP contribution in [0.1, 0.15) is 36.5 Å². The molecule has 6 heteroatoms.